The summed E-state index contributed by atoms with van der Waals surface area (Å²) in [6.07, 6.45) is 5.11. The van der Waals surface area contributed by atoms with Gasteiger partial charge in [0.15, 0.2) is 0 Å². The molecule has 1 aliphatic rings. The van der Waals surface area contributed by atoms with Crippen molar-refractivity contribution in [3.8, 4) is 0 Å². The van der Waals surface area contributed by atoms with Crippen LogP contribution in [0.15, 0.2) is 53.6 Å². The second-order valence-corrected chi connectivity index (χ2v) is 7.81. The molecule has 0 unspecified atom stereocenters. The van der Waals surface area contributed by atoms with Crippen molar-refractivity contribution in [1.82, 2.24) is 5.43 Å². The minimum Gasteiger partial charge on any atom is -0.266 e. The van der Waals surface area contributed by atoms with Gasteiger partial charge in [-0.15, -0.1) is 11.3 Å². The number of hydrogen-bond acceptors (Lipinski definition) is 3. The van der Waals surface area contributed by atoms with E-state index in [9.17, 15) is 4.79 Å². The molecule has 0 spiro atoms. The van der Waals surface area contributed by atoms with Crippen molar-refractivity contribution < 1.29 is 4.79 Å². The number of carbonyl (C=O) groups excluding carboxylic acids is 1. The lowest BCUT2D eigenvalue weighted by Gasteiger charge is -2.16. The molecule has 4 heteroatoms. The number of aryl methyl sites for hydroxylation is 1. The molecule has 1 aromatic heterocycles. The van der Waals surface area contributed by atoms with Crippen LogP contribution in [-0.4, -0.2) is 12.1 Å². The van der Waals surface area contributed by atoms with E-state index in [0.717, 1.165) is 34.1 Å². The van der Waals surface area contributed by atoms with Crippen molar-refractivity contribution in [1.29, 1.82) is 0 Å². The van der Waals surface area contributed by atoms with Crippen LogP contribution in [0, 0.1) is 5.92 Å². The van der Waals surface area contributed by atoms with E-state index in [2.05, 4.69) is 35.7 Å². The lowest BCUT2D eigenvalue weighted by Crippen LogP contribution is -2.16. The van der Waals surface area contributed by atoms with Crippen molar-refractivity contribution in [3.63, 3.8) is 0 Å². The molecule has 1 aliphatic carbocycles. The Hall–Kier alpha value is -2.46. The number of carbonyl (C=O) groups is 1. The van der Waals surface area contributed by atoms with Crippen LogP contribution in [0.2, 0.25) is 0 Å². The zero-order chi connectivity index (χ0) is 17.2. The summed E-state index contributed by atoms with van der Waals surface area (Å²) in [5.74, 6) is 0.589. The van der Waals surface area contributed by atoms with Gasteiger partial charge in [-0.05, 0) is 47.6 Å². The Morgan fingerprint density at radius 2 is 2.08 bits per heavy atom. The fraction of sp³-hybridized carbons (Fsp3) is 0.238. The molecule has 3 nitrogen and oxygen atoms in total. The lowest BCUT2D eigenvalue weighted by molar-refractivity contribution is 0.0959. The quantitative estimate of drug-likeness (QED) is 0.536. The number of rotatable bonds is 3. The van der Waals surface area contributed by atoms with Gasteiger partial charge in [0.25, 0.3) is 5.91 Å². The van der Waals surface area contributed by atoms with Crippen molar-refractivity contribution in [2.45, 2.75) is 26.2 Å². The summed E-state index contributed by atoms with van der Waals surface area (Å²) >= 11 is 1.61. The van der Waals surface area contributed by atoms with Crippen LogP contribution < -0.4 is 5.43 Å². The zero-order valence-electron chi connectivity index (χ0n) is 14.2. The van der Waals surface area contributed by atoms with E-state index in [0.29, 0.717) is 5.92 Å². The lowest BCUT2D eigenvalue weighted by atomic mass is 9.90. The Kier molecular flexibility index (Phi) is 4.36. The summed E-state index contributed by atoms with van der Waals surface area (Å²) in [6.45, 7) is 2.27. The van der Waals surface area contributed by atoms with Gasteiger partial charge in [0.1, 0.15) is 0 Å². The van der Waals surface area contributed by atoms with Crippen LogP contribution in [0.1, 0.15) is 39.0 Å². The molecule has 2 aromatic carbocycles. The molecule has 0 radical (unpaired) electrons. The van der Waals surface area contributed by atoms with Crippen LogP contribution >= 0.6 is 11.3 Å². The molecule has 0 bridgehead atoms. The van der Waals surface area contributed by atoms with Crippen molar-refractivity contribution in [3.05, 3.63) is 69.4 Å². The average molecular weight is 348 g/mol. The minimum absolute atomic E-state index is 0.122. The Labute approximate surface area is 151 Å². The molecule has 1 amide bonds. The van der Waals surface area contributed by atoms with E-state index in [1.165, 1.54) is 16.9 Å². The fourth-order valence-corrected chi connectivity index (χ4v) is 4.49. The Bertz CT molecular complexity index is 952. The van der Waals surface area contributed by atoms with E-state index in [-0.39, 0.29) is 5.91 Å². The third-order valence-electron chi connectivity index (χ3n) is 4.75. The third kappa shape index (κ3) is 3.35. The van der Waals surface area contributed by atoms with Crippen LogP contribution in [-0.2, 0) is 12.8 Å². The van der Waals surface area contributed by atoms with Gasteiger partial charge in [0, 0.05) is 10.4 Å². The van der Waals surface area contributed by atoms with Gasteiger partial charge in [-0.25, -0.2) is 5.43 Å². The molecule has 0 saturated heterocycles. The van der Waals surface area contributed by atoms with E-state index in [1.807, 2.05) is 30.3 Å². The maximum Gasteiger partial charge on any atom is 0.281 e. The Balaban J connectivity index is 1.49. The molecule has 0 saturated carbocycles. The van der Waals surface area contributed by atoms with Gasteiger partial charge in [-0.3, -0.25) is 4.79 Å². The highest BCUT2D eigenvalue weighted by molar-refractivity contribution is 7.14. The highest BCUT2D eigenvalue weighted by atomic mass is 32.1. The number of thiophene rings is 1. The largest absolute Gasteiger partial charge is 0.281 e. The summed E-state index contributed by atoms with van der Waals surface area (Å²) in [5.41, 5.74) is 5.01. The Morgan fingerprint density at radius 3 is 3.00 bits per heavy atom. The monoisotopic (exact) mass is 348 g/mol. The SMILES string of the molecule is C[C@@H]1CCc2sc(C(=O)N/N=C\c3cccc4ccccc34)cc2C1. The summed E-state index contributed by atoms with van der Waals surface area (Å²) in [7, 11) is 0. The van der Waals surface area contributed by atoms with E-state index in [4.69, 9.17) is 0 Å². The maximum absolute atomic E-state index is 12.4. The molecular formula is C21H20N2OS. The van der Waals surface area contributed by atoms with Gasteiger partial charge >= 0.3 is 0 Å². The number of benzene rings is 2. The molecule has 126 valence electrons. The molecule has 25 heavy (non-hydrogen) atoms. The van der Waals surface area contributed by atoms with E-state index in [1.54, 1.807) is 17.6 Å². The number of fused-ring (bicyclic) bond motifs is 2. The highest BCUT2D eigenvalue weighted by Crippen LogP contribution is 2.32. The summed E-state index contributed by atoms with van der Waals surface area (Å²) < 4.78 is 0. The maximum atomic E-state index is 12.4. The third-order valence-corrected chi connectivity index (χ3v) is 5.98. The predicted octanol–water partition coefficient (Wildman–Crippen LogP) is 4.79. The standard InChI is InChI=1S/C21H20N2OS/c1-14-9-10-19-17(11-14)12-20(25-19)21(24)23-22-13-16-7-4-6-15-5-2-3-8-18(15)16/h2-8,12-14H,9-11H2,1H3,(H,23,24)/b22-13-/t14-/m1/s1. The summed E-state index contributed by atoms with van der Waals surface area (Å²) in [5, 5.41) is 6.46. The van der Waals surface area contributed by atoms with Crippen LogP contribution in [0.25, 0.3) is 10.8 Å². The fourth-order valence-electron chi connectivity index (χ4n) is 3.40. The number of hydrazone groups is 1. The van der Waals surface area contributed by atoms with Crippen LogP contribution in [0.4, 0.5) is 0 Å². The molecule has 1 N–H and O–H groups in total. The average Bonchev–Trinajstić information content (AvgIpc) is 3.05. The van der Waals surface area contributed by atoms with E-state index < -0.39 is 0 Å². The summed E-state index contributed by atoms with van der Waals surface area (Å²) in [6, 6.07) is 16.3. The van der Waals surface area contributed by atoms with Gasteiger partial charge < -0.3 is 0 Å². The molecule has 3 aromatic rings. The first-order valence-corrected chi connectivity index (χ1v) is 9.45. The highest BCUT2D eigenvalue weighted by Gasteiger charge is 2.20. The van der Waals surface area contributed by atoms with Gasteiger partial charge in [-0.1, -0.05) is 49.4 Å². The zero-order valence-corrected chi connectivity index (χ0v) is 15.0. The molecule has 0 fully saturated rings. The first-order chi connectivity index (χ1) is 12.2. The first kappa shape index (κ1) is 16.0. The Morgan fingerprint density at radius 1 is 1.24 bits per heavy atom. The van der Waals surface area contributed by atoms with Crippen molar-refractivity contribution in [2.24, 2.45) is 11.0 Å². The summed E-state index contributed by atoms with van der Waals surface area (Å²) in [4.78, 5) is 14.5. The van der Waals surface area contributed by atoms with Gasteiger partial charge in [-0.2, -0.15) is 5.10 Å². The molecule has 4 rings (SSSR count). The predicted molar refractivity (Wildman–Crippen MR) is 105 cm³/mol. The smallest absolute Gasteiger partial charge is 0.266 e. The molecular weight excluding hydrogens is 328 g/mol. The van der Waals surface area contributed by atoms with Crippen LogP contribution in [0.5, 0.6) is 0 Å². The second-order valence-electron chi connectivity index (χ2n) is 6.67. The molecule has 1 heterocycles. The molecule has 0 aliphatic heterocycles. The van der Waals surface area contributed by atoms with Gasteiger partial charge in [0.2, 0.25) is 0 Å². The number of nitrogens with zero attached hydrogens (tertiary/aromatic N) is 1. The topological polar surface area (TPSA) is 41.5 Å². The molecule has 1 atom stereocenters. The number of amides is 1. The van der Waals surface area contributed by atoms with E-state index >= 15 is 0 Å². The number of nitrogens with one attached hydrogen (secondary N) is 1. The first-order valence-electron chi connectivity index (χ1n) is 8.63. The van der Waals surface area contributed by atoms with Gasteiger partial charge in [0.05, 0.1) is 11.1 Å². The minimum atomic E-state index is -0.122. The van der Waals surface area contributed by atoms with Crippen molar-refractivity contribution in [2.75, 3.05) is 0 Å². The van der Waals surface area contributed by atoms with Crippen LogP contribution in [0.3, 0.4) is 0 Å². The second kappa shape index (κ2) is 6.81. The normalized spacial score (nSPS) is 16.9. The number of hydrogen-bond donors (Lipinski definition) is 1. The van der Waals surface area contributed by atoms with Crippen molar-refractivity contribution >= 4 is 34.2 Å².